The van der Waals surface area contributed by atoms with Crippen molar-refractivity contribution >= 4 is 11.6 Å². The summed E-state index contributed by atoms with van der Waals surface area (Å²) in [5, 5.41) is 10.2. The molecule has 1 heterocycles. The molecule has 0 aliphatic carbocycles. The molecule has 0 spiro atoms. The van der Waals surface area contributed by atoms with Gasteiger partial charge in [-0.1, -0.05) is 19.9 Å². The van der Waals surface area contributed by atoms with Crippen LogP contribution in [0.25, 0.3) is 0 Å². The van der Waals surface area contributed by atoms with Crippen molar-refractivity contribution < 1.29 is 9.90 Å². The number of carbonyl (C=O) groups excluding carboxylic acids is 1. The number of aliphatic hydroxyl groups is 1. The number of benzene rings is 1. The lowest BCUT2D eigenvalue weighted by Gasteiger charge is -2.49. The van der Waals surface area contributed by atoms with Gasteiger partial charge in [0.05, 0.1) is 13.1 Å². The Morgan fingerprint density at radius 3 is 2.42 bits per heavy atom. The second kappa shape index (κ2) is 4.53. The van der Waals surface area contributed by atoms with Crippen LogP contribution in [0.5, 0.6) is 0 Å². The second-order valence-corrected chi connectivity index (χ2v) is 5.94. The van der Waals surface area contributed by atoms with E-state index in [9.17, 15) is 9.90 Å². The number of amides is 1. The largest absolute Gasteiger partial charge is 0.398 e. The minimum absolute atomic E-state index is 0.0467. The van der Waals surface area contributed by atoms with Gasteiger partial charge in [0.15, 0.2) is 0 Å². The normalized spacial score (nSPS) is 17.5. The zero-order chi connectivity index (χ0) is 14.4. The van der Waals surface area contributed by atoms with E-state index in [1.807, 2.05) is 33.8 Å². The van der Waals surface area contributed by atoms with Crippen LogP contribution in [-0.4, -0.2) is 34.6 Å². The van der Waals surface area contributed by atoms with Gasteiger partial charge in [-0.3, -0.25) is 4.79 Å². The zero-order valence-corrected chi connectivity index (χ0v) is 12.0. The number of rotatable bonds is 2. The molecule has 3 N–H and O–H groups in total. The Morgan fingerprint density at radius 2 is 1.89 bits per heavy atom. The number of nitrogen functional groups attached to an aromatic ring is 1. The molecule has 0 aromatic heterocycles. The lowest BCUT2D eigenvalue weighted by Crippen LogP contribution is -2.66. The van der Waals surface area contributed by atoms with E-state index in [1.54, 1.807) is 11.0 Å². The Kier molecular flexibility index (Phi) is 3.31. The highest BCUT2D eigenvalue weighted by Gasteiger charge is 2.46. The number of β-amino-alcohol motifs (C(OH)–C–C–N with tert-alkyl or cyclic N) is 1. The number of carbonyl (C=O) groups is 1. The third kappa shape index (κ3) is 2.32. The van der Waals surface area contributed by atoms with Crippen LogP contribution in [0.3, 0.4) is 0 Å². The maximum absolute atomic E-state index is 12.4. The molecule has 1 aliphatic heterocycles. The molecule has 4 nitrogen and oxygen atoms in total. The van der Waals surface area contributed by atoms with Crippen molar-refractivity contribution in [2.45, 2.75) is 33.3 Å². The Hall–Kier alpha value is -1.55. The van der Waals surface area contributed by atoms with Gasteiger partial charge in [-0.05, 0) is 37.0 Å². The molecule has 0 radical (unpaired) electrons. The fraction of sp³-hybridized carbons (Fsp3) is 0.533. The Labute approximate surface area is 114 Å². The van der Waals surface area contributed by atoms with E-state index in [0.29, 0.717) is 24.3 Å². The van der Waals surface area contributed by atoms with E-state index in [4.69, 9.17) is 5.73 Å². The molecule has 1 aromatic rings. The Morgan fingerprint density at radius 1 is 1.32 bits per heavy atom. The maximum Gasteiger partial charge on any atom is 0.254 e. The summed E-state index contributed by atoms with van der Waals surface area (Å²) in [6, 6.07) is 3.66. The average Bonchev–Trinajstić information content (AvgIpc) is 2.28. The lowest BCUT2D eigenvalue weighted by molar-refractivity contribution is -0.110. The summed E-state index contributed by atoms with van der Waals surface area (Å²) in [7, 11) is 0. The molecule has 19 heavy (non-hydrogen) atoms. The van der Waals surface area contributed by atoms with Crippen LogP contribution in [0.15, 0.2) is 12.1 Å². The number of anilines is 1. The summed E-state index contributed by atoms with van der Waals surface area (Å²) in [5.41, 5.74) is 8.31. The number of hydrogen-bond donors (Lipinski definition) is 2. The van der Waals surface area contributed by atoms with Crippen LogP contribution in [0, 0.1) is 19.8 Å². The molecule has 4 heteroatoms. The van der Waals surface area contributed by atoms with Crippen molar-refractivity contribution in [1.29, 1.82) is 0 Å². The first kappa shape index (κ1) is 13.9. The van der Waals surface area contributed by atoms with E-state index in [-0.39, 0.29) is 11.8 Å². The molecule has 104 valence electrons. The van der Waals surface area contributed by atoms with E-state index in [0.717, 1.165) is 11.1 Å². The SMILES string of the molecule is Cc1cc(C)c(C(=O)N2CC(O)(C(C)C)C2)cc1N. The van der Waals surface area contributed by atoms with Gasteiger partial charge >= 0.3 is 0 Å². The Balaban J connectivity index is 2.17. The van der Waals surface area contributed by atoms with Crippen LogP contribution in [-0.2, 0) is 0 Å². The van der Waals surface area contributed by atoms with Crippen molar-refractivity contribution in [3.8, 4) is 0 Å². The maximum atomic E-state index is 12.4. The fourth-order valence-corrected chi connectivity index (χ4v) is 2.39. The van der Waals surface area contributed by atoms with Crippen LogP contribution in [0.2, 0.25) is 0 Å². The molecule has 0 saturated carbocycles. The highest BCUT2D eigenvalue weighted by atomic mass is 16.3. The fourth-order valence-electron chi connectivity index (χ4n) is 2.39. The van der Waals surface area contributed by atoms with Gasteiger partial charge in [-0.2, -0.15) is 0 Å². The van der Waals surface area contributed by atoms with E-state index in [2.05, 4.69) is 0 Å². The predicted molar refractivity (Wildman–Crippen MR) is 76.0 cm³/mol. The van der Waals surface area contributed by atoms with Gasteiger partial charge in [-0.15, -0.1) is 0 Å². The van der Waals surface area contributed by atoms with Crippen molar-refractivity contribution in [1.82, 2.24) is 4.90 Å². The molecule has 0 bridgehead atoms. The summed E-state index contributed by atoms with van der Waals surface area (Å²) in [5.74, 6) is 0.107. The van der Waals surface area contributed by atoms with Crippen molar-refractivity contribution in [2.24, 2.45) is 5.92 Å². The molecule has 2 rings (SSSR count). The highest BCUT2D eigenvalue weighted by Crippen LogP contribution is 2.30. The number of aryl methyl sites for hydroxylation is 2. The van der Waals surface area contributed by atoms with E-state index < -0.39 is 5.60 Å². The zero-order valence-electron chi connectivity index (χ0n) is 12.0. The van der Waals surface area contributed by atoms with Crippen molar-refractivity contribution in [3.05, 3.63) is 28.8 Å². The minimum atomic E-state index is -0.736. The van der Waals surface area contributed by atoms with Gasteiger partial charge in [0.25, 0.3) is 5.91 Å². The molecule has 1 saturated heterocycles. The first-order valence-corrected chi connectivity index (χ1v) is 6.63. The molecular formula is C15H22N2O2. The molecule has 1 amide bonds. The lowest BCUT2D eigenvalue weighted by atomic mass is 9.82. The van der Waals surface area contributed by atoms with Gasteiger partial charge in [0.1, 0.15) is 5.60 Å². The monoisotopic (exact) mass is 262 g/mol. The first-order chi connectivity index (χ1) is 8.74. The highest BCUT2D eigenvalue weighted by molar-refractivity contribution is 5.97. The topological polar surface area (TPSA) is 66.6 Å². The minimum Gasteiger partial charge on any atom is -0.398 e. The van der Waals surface area contributed by atoms with Crippen LogP contribution >= 0.6 is 0 Å². The molecule has 0 unspecified atom stereocenters. The summed E-state index contributed by atoms with van der Waals surface area (Å²) in [4.78, 5) is 14.1. The average molecular weight is 262 g/mol. The van der Waals surface area contributed by atoms with Crippen molar-refractivity contribution in [2.75, 3.05) is 18.8 Å². The molecule has 1 fully saturated rings. The quantitative estimate of drug-likeness (QED) is 0.798. The number of nitrogens with zero attached hydrogens (tertiary/aromatic N) is 1. The third-order valence-electron chi connectivity index (χ3n) is 4.13. The molecule has 1 aromatic carbocycles. The van der Waals surface area contributed by atoms with E-state index >= 15 is 0 Å². The summed E-state index contributed by atoms with van der Waals surface area (Å²) in [6.45, 7) is 8.58. The van der Waals surface area contributed by atoms with Gasteiger partial charge in [0, 0.05) is 11.3 Å². The standard InChI is InChI=1S/C15H22N2O2/c1-9(2)15(19)7-17(8-15)14(18)12-6-13(16)11(4)5-10(12)3/h5-6,9,19H,7-8,16H2,1-4H3. The number of hydrogen-bond acceptors (Lipinski definition) is 3. The number of nitrogens with two attached hydrogens (primary N) is 1. The summed E-state index contributed by atoms with van der Waals surface area (Å²) >= 11 is 0. The smallest absolute Gasteiger partial charge is 0.254 e. The molecular weight excluding hydrogens is 240 g/mol. The summed E-state index contributed by atoms with van der Waals surface area (Å²) < 4.78 is 0. The molecule has 1 aliphatic rings. The third-order valence-corrected chi connectivity index (χ3v) is 4.13. The Bertz CT molecular complexity index is 517. The van der Waals surface area contributed by atoms with Gasteiger partial charge in [0.2, 0.25) is 0 Å². The number of likely N-dealkylation sites (tertiary alicyclic amines) is 1. The van der Waals surface area contributed by atoms with Gasteiger partial charge < -0.3 is 15.7 Å². The van der Waals surface area contributed by atoms with E-state index in [1.165, 1.54) is 0 Å². The van der Waals surface area contributed by atoms with Crippen LogP contribution < -0.4 is 5.73 Å². The van der Waals surface area contributed by atoms with Crippen LogP contribution in [0.1, 0.15) is 35.3 Å². The molecule has 0 atom stereocenters. The van der Waals surface area contributed by atoms with Crippen molar-refractivity contribution in [3.63, 3.8) is 0 Å². The first-order valence-electron chi connectivity index (χ1n) is 6.63. The second-order valence-electron chi connectivity index (χ2n) is 5.94. The summed E-state index contributed by atoms with van der Waals surface area (Å²) in [6.07, 6.45) is 0. The van der Waals surface area contributed by atoms with Gasteiger partial charge in [-0.25, -0.2) is 0 Å². The van der Waals surface area contributed by atoms with Crippen LogP contribution in [0.4, 0.5) is 5.69 Å². The predicted octanol–water partition coefficient (Wildman–Crippen LogP) is 1.73.